The molecule has 0 radical (unpaired) electrons. The van der Waals surface area contributed by atoms with E-state index in [1.807, 2.05) is 24.0 Å². The highest BCUT2D eigenvalue weighted by atomic mass is 16.4. The third kappa shape index (κ3) is 3.98. The number of aliphatic carboxylic acids is 1. The smallest absolute Gasteiger partial charge is 0.317 e. The summed E-state index contributed by atoms with van der Waals surface area (Å²) < 4.78 is 0. The van der Waals surface area contributed by atoms with E-state index in [4.69, 9.17) is 5.11 Å². The maximum Gasteiger partial charge on any atom is 0.317 e. The van der Waals surface area contributed by atoms with Gasteiger partial charge in [0.05, 0.1) is 6.54 Å². The monoisotopic (exact) mass is 222 g/mol. The van der Waals surface area contributed by atoms with Crippen LogP contribution in [0.15, 0.2) is 24.5 Å². The first kappa shape index (κ1) is 12.6. The summed E-state index contributed by atoms with van der Waals surface area (Å²) in [5, 5.41) is 8.85. The van der Waals surface area contributed by atoms with Crippen LogP contribution < -0.4 is 0 Å². The molecule has 1 atom stereocenters. The standard InChI is InChI=1S/C12H18N2O2/c1-3-10(2)14(9-12(15)16)8-11-5-4-6-13-7-11/h4-7,10H,3,8-9H2,1-2H3,(H,15,16). The Balaban J connectivity index is 2.67. The predicted molar refractivity (Wildman–Crippen MR) is 62.0 cm³/mol. The van der Waals surface area contributed by atoms with Crippen LogP contribution in [0, 0.1) is 0 Å². The number of carboxylic acids is 1. The van der Waals surface area contributed by atoms with Crippen molar-refractivity contribution in [3.63, 3.8) is 0 Å². The van der Waals surface area contributed by atoms with Gasteiger partial charge in [0.15, 0.2) is 0 Å². The molecule has 0 fully saturated rings. The van der Waals surface area contributed by atoms with E-state index in [0.29, 0.717) is 6.54 Å². The molecule has 0 saturated carbocycles. The van der Waals surface area contributed by atoms with E-state index in [1.54, 1.807) is 12.4 Å². The Morgan fingerprint density at radius 3 is 2.88 bits per heavy atom. The summed E-state index contributed by atoms with van der Waals surface area (Å²) in [6.07, 6.45) is 4.43. The van der Waals surface area contributed by atoms with Crippen LogP contribution in [-0.4, -0.2) is 33.5 Å². The van der Waals surface area contributed by atoms with Gasteiger partial charge in [0.25, 0.3) is 0 Å². The van der Waals surface area contributed by atoms with Gasteiger partial charge in [-0.15, -0.1) is 0 Å². The van der Waals surface area contributed by atoms with Gasteiger partial charge in [0.1, 0.15) is 0 Å². The molecule has 0 saturated heterocycles. The Labute approximate surface area is 95.9 Å². The number of carboxylic acid groups (broad SMARTS) is 1. The minimum absolute atomic E-state index is 0.0733. The molecule has 0 aliphatic carbocycles. The van der Waals surface area contributed by atoms with E-state index in [-0.39, 0.29) is 12.6 Å². The maximum absolute atomic E-state index is 10.8. The molecule has 1 unspecified atom stereocenters. The number of hydrogen-bond donors (Lipinski definition) is 1. The molecular formula is C12H18N2O2. The molecular weight excluding hydrogens is 204 g/mol. The molecule has 0 aliphatic rings. The second-order valence-corrected chi connectivity index (χ2v) is 3.92. The zero-order valence-electron chi connectivity index (χ0n) is 9.76. The first-order valence-electron chi connectivity index (χ1n) is 5.48. The van der Waals surface area contributed by atoms with Crippen molar-refractivity contribution < 1.29 is 9.90 Å². The summed E-state index contributed by atoms with van der Waals surface area (Å²) in [5.41, 5.74) is 1.05. The lowest BCUT2D eigenvalue weighted by molar-refractivity contribution is -0.139. The number of aromatic nitrogens is 1. The molecule has 0 aromatic carbocycles. The average molecular weight is 222 g/mol. The summed E-state index contributed by atoms with van der Waals surface area (Å²) in [7, 11) is 0. The SMILES string of the molecule is CCC(C)N(CC(=O)O)Cc1cccnc1. The van der Waals surface area contributed by atoms with Crippen molar-refractivity contribution in [2.45, 2.75) is 32.9 Å². The van der Waals surface area contributed by atoms with Gasteiger partial charge in [-0.25, -0.2) is 0 Å². The summed E-state index contributed by atoms with van der Waals surface area (Å²) in [6, 6.07) is 4.09. The van der Waals surface area contributed by atoms with Gasteiger partial charge in [-0.1, -0.05) is 13.0 Å². The fraction of sp³-hybridized carbons (Fsp3) is 0.500. The third-order valence-electron chi connectivity index (χ3n) is 2.66. The summed E-state index contributed by atoms with van der Waals surface area (Å²) in [6.45, 7) is 4.81. The van der Waals surface area contributed by atoms with Crippen molar-refractivity contribution in [2.24, 2.45) is 0 Å². The minimum Gasteiger partial charge on any atom is -0.480 e. The highest BCUT2D eigenvalue weighted by Crippen LogP contribution is 2.09. The van der Waals surface area contributed by atoms with Gasteiger partial charge in [-0.3, -0.25) is 14.7 Å². The molecule has 4 nitrogen and oxygen atoms in total. The van der Waals surface area contributed by atoms with E-state index in [0.717, 1.165) is 12.0 Å². The summed E-state index contributed by atoms with van der Waals surface area (Å²) in [4.78, 5) is 16.7. The highest BCUT2D eigenvalue weighted by molar-refractivity contribution is 5.69. The second kappa shape index (κ2) is 6.23. The van der Waals surface area contributed by atoms with Crippen molar-refractivity contribution in [1.29, 1.82) is 0 Å². The van der Waals surface area contributed by atoms with Crippen LogP contribution in [0.1, 0.15) is 25.8 Å². The Morgan fingerprint density at radius 1 is 1.62 bits per heavy atom. The zero-order chi connectivity index (χ0) is 12.0. The molecule has 0 bridgehead atoms. The van der Waals surface area contributed by atoms with Crippen molar-refractivity contribution >= 4 is 5.97 Å². The number of hydrogen-bond acceptors (Lipinski definition) is 3. The number of carbonyl (C=O) groups is 1. The van der Waals surface area contributed by atoms with E-state index >= 15 is 0 Å². The topological polar surface area (TPSA) is 53.4 Å². The van der Waals surface area contributed by atoms with Gasteiger partial charge >= 0.3 is 5.97 Å². The van der Waals surface area contributed by atoms with Crippen molar-refractivity contribution in [1.82, 2.24) is 9.88 Å². The van der Waals surface area contributed by atoms with Gasteiger partial charge in [0, 0.05) is 25.0 Å². The molecule has 0 spiro atoms. The molecule has 88 valence electrons. The van der Waals surface area contributed by atoms with Crippen LogP contribution in [0.3, 0.4) is 0 Å². The van der Waals surface area contributed by atoms with E-state index in [1.165, 1.54) is 0 Å². The zero-order valence-corrected chi connectivity index (χ0v) is 9.76. The lowest BCUT2D eigenvalue weighted by Crippen LogP contribution is -2.36. The molecule has 16 heavy (non-hydrogen) atoms. The van der Waals surface area contributed by atoms with Crippen LogP contribution in [-0.2, 0) is 11.3 Å². The number of rotatable bonds is 6. The fourth-order valence-electron chi connectivity index (χ4n) is 1.53. The van der Waals surface area contributed by atoms with Crippen molar-refractivity contribution in [3.8, 4) is 0 Å². The number of nitrogens with zero attached hydrogens (tertiary/aromatic N) is 2. The number of pyridine rings is 1. The first-order valence-corrected chi connectivity index (χ1v) is 5.48. The van der Waals surface area contributed by atoms with Gasteiger partial charge < -0.3 is 5.11 Å². The Kier molecular flexibility index (Phi) is 4.92. The Morgan fingerprint density at radius 2 is 2.38 bits per heavy atom. The third-order valence-corrected chi connectivity index (χ3v) is 2.66. The molecule has 4 heteroatoms. The van der Waals surface area contributed by atoms with Crippen molar-refractivity contribution in [2.75, 3.05) is 6.54 Å². The second-order valence-electron chi connectivity index (χ2n) is 3.92. The fourth-order valence-corrected chi connectivity index (χ4v) is 1.53. The molecule has 1 N–H and O–H groups in total. The molecule has 1 aromatic rings. The normalized spacial score (nSPS) is 12.7. The first-order chi connectivity index (χ1) is 7.63. The van der Waals surface area contributed by atoms with Crippen LogP contribution >= 0.6 is 0 Å². The van der Waals surface area contributed by atoms with Crippen LogP contribution in [0.5, 0.6) is 0 Å². The maximum atomic E-state index is 10.8. The molecule has 1 aromatic heterocycles. The van der Waals surface area contributed by atoms with E-state index < -0.39 is 5.97 Å². The predicted octanol–water partition coefficient (Wildman–Crippen LogP) is 1.77. The van der Waals surface area contributed by atoms with Crippen LogP contribution in [0.25, 0.3) is 0 Å². The highest BCUT2D eigenvalue weighted by Gasteiger charge is 2.15. The molecule has 1 rings (SSSR count). The van der Waals surface area contributed by atoms with Gasteiger partial charge in [-0.2, -0.15) is 0 Å². The lowest BCUT2D eigenvalue weighted by atomic mass is 10.2. The van der Waals surface area contributed by atoms with Gasteiger partial charge in [0.2, 0.25) is 0 Å². The van der Waals surface area contributed by atoms with E-state index in [9.17, 15) is 4.79 Å². The largest absolute Gasteiger partial charge is 0.480 e. The molecule has 0 aliphatic heterocycles. The molecule has 1 heterocycles. The molecule has 0 amide bonds. The quantitative estimate of drug-likeness (QED) is 0.797. The Hall–Kier alpha value is -1.42. The van der Waals surface area contributed by atoms with E-state index in [2.05, 4.69) is 11.9 Å². The van der Waals surface area contributed by atoms with Crippen LogP contribution in [0.4, 0.5) is 0 Å². The summed E-state index contributed by atoms with van der Waals surface area (Å²) >= 11 is 0. The van der Waals surface area contributed by atoms with Gasteiger partial charge in [-0.05, 0) is 25.0 Å². The van der Waals surface area contributed by atoms with Crippen LogP contribution in [0.2, 0.25) is 0 Å². The summed E-state index contributed by atoms with van der Waals surface area (Å²) in [5.74, 6) is -0.788. The Bertz CT molecular complexity index is 327. The average Bonchev–Trinajstić information content (AvgIpc) is 2.28. The lowest BCUT2D eigenvalue weighted by Gasteiger charge is -2.26. The van der Waals surface area contributed by atoms with Crippen molar-refractivity contribution in [3.05, 3.63) is 30.1 Å². The minimum atomic E-state index is -0.788.